The van der Waals surface area contributed by atoms with E-state index in [1.807, 2.05) is 12.2 Å². The molecule has 1 saturated carbocycles. The molecular weight excluding hydrogens is 256 g/mol. The van der Waals surface area contributed by atoms with Crippen molar-refractivity contribution in [3.05, 3.63) is 58.7 Å². The van der Waals surface area contributed by atoms with E-state index in [1.165, 1.54) is 5.57 Å². The van der Waals surface area contributed by atoms with E-state index < -0.39 is 12.6 Å². The van der Waals surface area contributed by atoms with Gasteiger partial charge in [0, 0.05) is 5.57 Å². The fraction of sp³-hybridized carbons (Fsp3) is 0.375. The predicted molar refractivity (Wildman–Crippen MR) is 74.1 cm³/mol. The monoisotopic (exact) mass is 274 g/mol. The summed E-state index contributed by atoms with van der Waals surface area (Å²) in [6, 6.07) is 0. The minimum absolute atomic E-state index is 0.239. The number of rotatable bonds is 3. The zero-order chi connectivity index (χ0) is 14.3. The Hall–Kier alpha value is -1.46. The Morgan fingerprint density at radius 2 is 1.70 bits per heavy atom. The van der Waals surface area contributed by atoms with E-state index in [4.69, 9.17) is 0 Å². The van der Waals surface area contributed by atoms with Crippen LogP contribution in [0.15, 0.2) is 58.7 Å². The highest BCUT2D eigenvalue weighted by Gasteiger charge is 2.45. The van der Waals surface area contributed by atoms with Gasteiger partial charge in [-0.1, -0.05) is 36.5 Å². The molecule has 0 saturated heterocycles. The second-order valence-electron chi connectivity index (χ2n) is 5.42. The quantitative estimate of drug-likeness (QED) is 0.577. The van der Waals surface area contributed by atoms with Crippen LogP contribution < -0.4 is 0 Å². The topological polar surface area (TPSA) is 80.9 Å². The van der Waals surface area contributed by atoms with Gasteiger partial charge in [-0.15, -0.1) is 0 Å². The van der Waals surface area contributed by atoms with Gasteiger partial charge < -0.3 is 20.4 Å². The molecule has 0 aromatic carbocycles. The van der Waals surface area contributed by atoms with Crippen molar-refractivity contribution >= 4 is 0 Å². The lowest BCUT2D eigenvalue weighted by Crippen LogP contribution is -2.13. The molecule has 2 atom stereocenters. The maximum Gasteiger partial charge on any atom is 0.178 e. The minimum atomic E-state index is -1.44. The van der Waals surface area contributed by atoms with Crippen molar-refractivity contribution in [2.45, 2.75) is 25.4 Å². The standard InChI is InChI=1S/C16H18O4/c17-15(18)10-3-1-2-9(4-5-10)11-6-7-12(16(19)20)14-8-13(11)14/h2-7,13-20H,1,8H2. The highest BCUT2D eigenvalue weighted by Crippen LogP contribution is 2.54. The van der Waals surface area contributed by atoms with Crippen LogP contribution in [0.3, 0.4) is 0 Å². The van der Waals surface area contributed by atoms with Crippen LogP contribution in [-0.4, -0.2) is 33.0 Å². The fourth-order valence-corrected chi connectivity index (χ4v) is 2.98. The van der Waals surface area contributed by atoms with Crippen LogP contribution in [-0.2, 0) is 0 Å². The van der Waals surface area contributed by atoms with Crippen LogP contribution in [0.4, 0.5) is 0 Å². The number of allylic oxidation sites excluding steroid dienone is 7. The summed E-state index contributed by atoms with van der Waals surface area (Å²) in [5, 5.41) is 36.9. The highest BCUT2D eigenvalue weighted by molar-refractivity contribution is 5.52. The number of aliphatic hydroxyl groups excluding tert-OH is 2. The summed E-state index contributed by atoms with van der Waals surface area (Å²) < 4.78 is 0. The van der Waals surface area contributed by atoms with Crippen molar-refractivity contribution in [3.63, 3.8) is 0 Å². The molecule has 0 spiro atoms. The predicted octanol–water partition coefficient (Wildman–Crippen LogP) is 0.923. The maximum absolute atomic E-state index is 9.28. The number of aliphatic hydroxyl groups is 4. The molecular formula is C16H18O4. The van der Waals surface area contributed by atoms with Gasteiger partial charge in [-0.2, -0.15) is 0 Å². The van der Waals surface area contributed by atoms with Gasteiger partial charge in [0.05, 0.1) is 0 Å². The molecule has 0 heterocycles. The van der Waals surface area contributed by atoms with Gasteiger partial charge >= 0.3 is 0 Å². The van der Waals surface area contributed by atoms with Gasteiger partial charge in [0.1, 0.15) is 0 Å². The molecule has 2 unspecified atom stereocenters. The van der Waals surface area contributed by atoms with Crippen molar-refractivity contribution < 1.29 is 20.4 Å². The first kappa shape index (κ1) is 13.5. The first-order valence-corrected chi connectivity index (χ1v) is 6.80. The summed E-state index contributed by atoms with van der Waals surface area (Å²) in [4.78, 5) is 0. The molecule has 4 heteroatoms. The minimum Gasteiger partial charge on any atom is -0.365 e. The number of fused-ring (bicyclic) bond motifs is 1. The van der Waals surface area contributed by atoms with Crippen LogP contribution in [0.5, 0.6) is 0 Å². The van der Waals surface area contributed by atoms with Crippen LogP contribution in [0.25, 0.3) is 0 Å². The molecule has 0 radical (unpaired) electrons. The lowest BCUT2D eigenvalue weighted by atomic mass is 9.92. The SMILES string of the molecule is OC(O)C1=CCC=C(C2=CC=C(C(O)O)C3CC23)C=C1. The Kier molecular flexibility index (Phi) is 3.48. The van der Waals surface area contributed by atoms with Crippen LogP contribution in [0, 0.1) is 11.8 Å². The van der Waals surface area contributed by atoms with E-state index in [0.29, 0.717) is 23.5 Å². The average molecular weight is 274 g/mol. The first-order chi connectivity index (χ1) is 9.58. The molecule has 4 nitrogen and oxygen atoms in total. The Bertz CT molecular complexity index is 561. The summed E-state index contributed by atoms with van der Waals surface area (Å²) in [5.74, 6) is 0.594. The Labute approximate surface area is 117 Å². The molecule has 0 aromatic heterocycles. The Morgan fingerprint density at radius 1 is 0.900 bits per heavy atom. The van der Waals surface area contributed by atoms with Crippen LogP contribution in [0.1, 0.15) is 12.8 Å². The summed E-state index contributed by atoms with van der Waals surface area (Å²) in [6.07, 6.45) is 10.0. The zero-order valence-electron chi connectivity index (χ0n) is 11.0. The molecule has 20 heavy (non-hydrogen) atoms. The second-order valence-corrected chi connectivity index (χ2v) is 5.42. The van der Waals surface area contributed by atoms with Crippen molar-refractivity contribution in [2.75, 3.05) is 0 Å². The second kappa shape index (κ2) is 5.14. The molecule has 4 N–H and O–H groups in total. The Balaban J connectivity index is 1.82. The molecule has 3 aliphatic rings. The van der Waals surface area contributed by atoms with E-state index in [9.17, 15) is 20.4 Å². The molecule has 106 valence electrons. The summed E-state index contributed by atoms with van der Waals surface area (Å²) >= 11 is 0. The number of hydrogen-bond donors (Lipinski definition) is 4. The molecule has 0 amide bonds. The normalized spacial score (nSPS) is 28.5. The van der Waals surface area contributed by atoms with E-state index in [1.54, 1.807) is 18.2 Å². The fourth-order valence-electron chi connectivity index (χ4n) is 2.98. The largest absolute Gasteiger partial charge is 0.365 e. The molecule has 3 aliphatic carbocycles. The van der Waals surface area contributed by atoms with Crippen molar-refractivity contribution in [1.82, 2.24) is 0 Å². The van der Waals surface area contributed by atoms with Gasteiger partial charge in [-0.05, 0) is 41.4 Å². The van der Waals surface area contributed by atoms with Gasteiger partial charge in [-0.25, -0.2) is 0 Å². The van der Waals surface area contributed by atoms with Gasteiger partial charge in [0.15, 0.2) is 12.6 Å². The highest BCUT2D eigenvalue weighted by atomic mass is 16.5. The van der Waals surface area contributed by atoms with E-state index in [0.717, 1.165) is 12.0 Å². The van der Waals surface area contributed by atoms with Crippen molar-refractivity contribution in [2.24, 2.45) is 11.8 Å². The lowest BCUT2D eigenvalue weighted by molar-refractivity contribution is -0.0121. The molecule has 0 aromatic rings. The van der Waals surface area contributed by atoms with Crippen molar-refractivity contribution in [3.8, 4) is 0 Å². The van der Waals surface area contributed by atoms with E-state index >= 15 is 0 Å². The van der Waals surface area contributed by atoms with Crippen molar-refractivity contribution in [1.29, 1.82) is 0 Å². The smallest absolute Gasteiger partial charge is 0.178 e. The average Bonchev–Trinajstić information content (AvgIpc) is 3.20. The summed E-state index contributed by atoms with van der Waals surface area (Å²) in [7, 11) is 0. The maximum atomic E-state index is 9.28. The van der Waals surface area contributed by atoms with E-state index in [-0.39, 0.29) is 5.92 Å². The van der Waals surface area contributed by atoms with Gasteiger partial charge in [0.25, 0.3) is 0 Å². The first-order valence-electron chi connectivity index (χ1n) is 6.80. The third-order valence-electron chi connectivity index (χ3n) is 4.15. The van der Waals surface area contributed by atoms with Gasteiger partial charge in [-0.3, -0.25) is 0 Å². The zero-order valence-corrected chi connectivity index (χ0v) is 11.0. The molecule has 1 fully saturated rings. The lowest BCUT2D eigenvalue weighted by Gasteiger charge is -2.16. The Morgan fingerprint density at radius 3 is 2.40 bits per heavy atom. The molecule has 0 bridgehead atoms. The van der Waals surface area contributed by atoms with Crippen LogP contribution >= 0.6 is 0 Å². The summed E-state index contributed by atoms with van der Waals surface area (Å²) in [5.41, 5.74) is 3.47. The third kappa shape index (κ3) is 2.43. The third-order valence-corrected chi connectivity index (χ3v) is 4.15. The number of hydrogen-bond acceptors (Lipinski definition) is 4. The van der Waals surface area contributed by atoms with Gasteiger partial charge in [0.2, 0.25) is 0 Å². The van der Waals surface area contributed by atoms with E-state index in [2.05, 4.69) is 6.08 Å². The molecule has 3 rings (SSSR count). The summed E-state index contributed by atoms with van der Waals surface area (Å²) in [6.45, 7) is 0. The van der Waals surface area contributed by atoms with Crippen LogP contribution in [0.2, 0.25) is 0 Å². The molecule has 0 aliphatic heterocycles.